The maximum Gasteiger partial charge on any atom is 0.123 e. The van der Waals surface area contributed by atoms with Gasteiger partial charge in [-0.05, 0) is 13.1 Å². The van der Waals surface area contributed by atoms with Gasteiger partial charge in [0.05, 0.1) is 20.3 Å². The van der Waals surface area contributed by atoms with Crippen molar-refractivity contribution in [2.24, 2.45) is 0 Å². The van der Waals surface area contributed by atoms with Crippen LogP contribution in [-0.4, -0.2) is 51.4 Å². The average Bonchev–Trinajstić information content (AvgIpc) is 2.40. The fourth-order valence-electron chi connectivity index (χ4n) is 2.30. The second-order valence-electron chi connectivity index (χ2n) is 4.73. The summed E-state index contributed by atoms with van der Waals surface area (Å²) in [6.45, 7) is 4.45. The maximum absolute atomic E-state index is 5.46. The smallest absolute Gasteiger partial charge is 0.123 e. The Morgan fingerprint density at radius 1 is 1.44 bits per heavy atom. The summed E-state index contributed by atoms with van der Waals surface area (Å²) in [6, 6.07) is 8.59. The minimum absolute atomic E-state index is 0.429. The van der Waals surface area contributed by atoms with Crippen molar-refractivity contribution in [3.05, 3.63) is 29.8 Å². The third-order valence-corrected chi connectivity index (χ3v) is 3.16. The van der Waals surface area contributed by atoms with Crippen molar-refractivity contribution in [2.45, 2.75) is 12.6 Å². The molecule has 1 unspecified atom stereocenters. The van der Waals surface area contributed by atoms with Gasteiger partial charge in [0, 0.05) is 31.2 Å². The number of nitrogens with one attached hydrogen (secondary N) is 1. The lowest BCUT2D eigenvalue weighted by Crippen LogP contribution is -2.47. The molecule has 0 radical (unpaired) electrons. The van der Waals surface area contributed by atoms with Crippen LogP contribution in [0.25, 0.3) is 0 Å². The number of benzene rings is 1. The first kappa shape index (κ1) is 13.3. The zero-order valence-electron chi connectivity index (χ0n) is 11.2. The molecule has 1 fully saturated rings. The molecule has 0 aliphatic carbocycles. The summed E-state index contributed by atoms with van der Waals surface area (Å²) in [6.07, 6.45) is 0. The molecule has 1 aliphatic heterocycles. The minimum atomic E-state index is 0.429. The quantitative estimate of drug-likeness (QED) is 0.849. The van der Waals surface area contributed by atoms with Crippen molar-refractivity contribution in [1.82, 2.24) is 10.2 Å². The fourth-order valence-corrected chi connectivity index (χ4v) is 2.30. The highest BCUT2D eigenvalue weighted by Gasteiger charge is 2.15. The van der Waals surface area contributed by atoms with Gasteiger partial charge in [-0.25, -0.2) is 0 Å². The molecule has 18 heavy (non-hydrogen) atoms. The average molecular weight is 250 g/mol. The largest absolute Gasteiger partial charge is 0.496 e. The van der Waals surface area contributed by atoms with Crippen molar-refractivity contribution in [1.29, 1.82) is 0 Å². The number of methoxy groups -OCH3 is 1. The second-order valence-corrected chi connectivity index (χ2v) is 4.73. The SMILES string of the molecule is COc1ccccc1CN(C)CC1COCCN1. The van der Waals surface area contributed by atoms with Gasteiger partial charge in [-0.3, -0.25) is 0 Å². The third-order valence-electron chi connectivity index (χ3n) is 3.16. The summed E-state index contributed by atoms with van der Waals surface area (Å²) in [7, 11) is 3.85. The topological polar surface area (TPSA) is 33.7 Å². The summed E-state index contributed by atoms with van der Waals surface area (Å²) in [5.41, 5.74) is 1.22. The van der Waals surface area contributed by atoms with Crippen LogP contribution >= 0.6 is 0 Å². The molecule has 0 aromatic heterocycles. The summed E-state index contributed by atoms with van der Waals surface area (Å²) in [5.74, 6) is 0.956. The molecule has 1 heterocycles. The number of nitrogens with zero attached hydrogens (tertiary/aromatic N) is 1. The van der Waals surface area contributed by atoms with Crippen molar-refractivity contribution in [3.8, 4) is 5.75 Å². The van der Waals surface area contributed by atoms with Crippen LogP contribution in [0.3, 0.4) is 0 Å². The van der Waals surface area contributed by atoms with Gasteiger partial charge in [-0.2, -0.15) is 0 Å². The Hall–Kier alpha value is -1.10. The van der Waals surface area contributed by atoms with Crippen LogP contribution in [0.5, 0.6) is 5.75 Å². The van der Waals surface area contributed by atoms with E-state index in [1.54, 1.807) is 7.11 Å². The van der Waals surface area contributed by atoms with E-state index in [0.29, 0.717) is 6.04 Å². The van der Waals surface area contributed by atoms with Crippen LogP contribution in [0.2, 0.25) is 0 Å². The Morgan fingerprint density at radius 3 is 3.00 bits per heavy atom. The van der Waals surface area contributed by atoms with Crippen molar-refractivity contribution >= 4 is 0 Å². The van der Waals surface area contributed by atoms with Gasteiger partial charge in [-0.1, -0.05) is 18.2 Å². The van der Waals surface area contributed by atoms with Gasteiger partial charge >= 0.3 is 0 Å². The highest BCUT2D eigenvalue weighted by Crippen LogP contribution is 2.18. The van der Waals surface area contributed by atoms with E-state index in [9.17, 15) is 0 Å². The molecule has 1 aliphatic rings. The first-order valence-electron chi connectivity index (χ1n) is 6.41. The molecular formula is C14H22N2O2. The lowest BCUT2D eigenvalue weighted by molar-refractivity contribution is 0.0644. The molecule has 100 valence electrons. The molecule has 4 nitrogen and oxygen atoms in total. The second kappa shape index (κ2) is 6.73. The molecule has 0 saturated carbocycles. The monoisotopic (exact) mass is 250 g/mol. The molecule has 1 saturated heterocycles. The van der Waals surface area contributed by atoms with Crippen LogP contribution in [0.15, 0.2) is 24.3 Å². The van der Waals surface area contributed by atoms with Gasteiger partial charge in [0.1, 0.15) is 5.75 Å². The summed E-state index contributed by atoms with van der Waals surface area (Å²) in [4.78, 5) is 2.30. The molecule has 1 atom stereocenters. The number of rotatable bonds is 5. The molecule has 1 aromatic rings. The zero-order valence-corrected chi connectivity index (χ0v) is 11.2. The van der Waals surface area contributed by atoms with Gasteiger partial charge < -0.3 is 19.7 Å². The molecule has 1 N–H and O–H groups in total. The van der Waals surface area contributed by atoms with Crippen LogP contribution < -0.4 is 10.1 Å². The molecule has 1 aromatic carbocycles. The predicted octanol–water partition coefficient (Wildman–Crippen LogP) is 1.12. The van der Waals surface area contributed by atoms with Gasteiger partial charge in [0.2, 0.25) is 0 Å². The number of hydrogen-bond donors (Lipinski definition) is 1. The number of ether oxygens (including phenoxy) is 2. The highest BCUT2D eigenvalue weighted by atomic mass is 16.5. The van der Waals surface area contributed by atoms with Crippen molar-refractivity contribution in [3.63, 3.8) is 0 Å². The van der Waals surface area contributed by atoms with Crippen molar-refractivity contribution < 1.29 is 9.47 Å². The summed E-state index contributed by atoms with van der Waals surface area (Å²) < 4.78 is 10.8. The molecule has 0 bridgehead atoms. The van der Waals surface area contributed by atoms with Crippen LogP contribution in [0.1, 0.15) is 5.56 Å². The third kappa shape index (κ3) is 3.70. The molecule has 2 rings (SSSR count). The van der Waals surface area contributed by atoms with Crippen LogP contribution in [-0.2, 0) is 11.3 Å². The number of likely N-dealkylation sites (N-methyl/N-ethyl adjacent to an activating group) is 1. The Bertz CT molecular complexity index is 365. The number of para-hydroxylation sites is 1. The van der Waals surface area contributed by atoms with E-state index in [4.69, 9.17) is 9.47 Å². The van der Waals surface area contributed by atoms with E-state index >= 15 is 0 Å². The predicted molar refractivity (Wildman–Crippen MR) is 71.9 cm³/mol. The summed E-state index contributed by atoms with van der Waals surface area (Å²) in [5, 5.41) is 3.47. The van der Waals surface area contributed by atoms with E-state index in [-0.39, 0.29) is 0 Å². The first-order chi connectivity index (χ1) is 8.79. The van der Waals surface area contributed by atoms with E-state index in [2.05, 4.69) is 23.3 Å². The Balaban J connectivity index is 1.87. The normalized spacial score (nSPS) is 20.1. The van der Waals surface area contributed by atoms with Crippen LogP contribution in [0, 0.1) is 0 Å². The minimum Gasteiger partial charge on any atom is -0.496 e. The van der Waals surface area contributed by atoms with E-state index in [1.807, 2.05) is 18.2 Å². The Morgan fingerprint density at radius 2 is 2.28 bits per heavy atom. The van der Waals surface area contributed by atoms with E-state index < -0.39 is 0 Å². The Labute approximate surface area is 109 Å². The molecule has 4 heteroatoms. The number of morpholine rings is 1. The highest BCUT2D eigenvalue weighted by molar-refractivity contribution is 5.32. The molecule has 0 spiro atoms. The van der Waals surface area contributed by atoms with Gasteiger partial charge in [0.25, 0.3) is 0 Å². The standard InChI is InChI=1S/C14H22N2O2/c1-16(10-13-11-18-8-7-15-13)9-12-5-3-4-6-14(12)17-2/h3-6,13,15H,7-11H2,1-2H3. The van der Waals surface area contributed by atoms with Crippen LogP contribution in [0.4, 0.5) is 0 Å². The first-order valence-corrected chi connectivity index (χ1v) is 6.41. The molecule has 0 amide bonds. The van der Waals surface area contributed by atoms with E-state index in [1.165, 1.54) is 5.56 Å². The summed E-state index contributed by atoms with van der Waals surface area (Å²) >= 11 is 0. The molecular weight excluding hydrogens is 228 g/mol. The van der Waals surface area contributed by atoms with E-state index in [0.717, 1.165) is 38.6 Å². The zero-order chi connectivity index (χ0) is 12.8. The fraction of sp³-hybridized carbons (Fsp3) is 0.571. The maximum atomic E-state index is 5.46. The van der Waals surface area contributed by atoms with Gasteiger partial charge in [-0.15, -0.1) is 0 Å². The Kier molecular flexibility index (Phi) is 4.99. The number of hydrogen-bond acceptors (Lipinski definition) is 4. The van der Waals surface area contributed by atoms with Gasteiger partial charge in [0.15, 0.2) is 0 Å². The lowest BCUT2D eigenvalue weighted by atomic mass is 10.1. The lowest BCUT2D eigenvalue weighted by Gasteiger charge is -2.28. The van der Waals surface area contributed by atoms with Crippen molar-refractivity contribution in [2.75, 3.05) is 40.5 Å².